The van der Waals surface area contributed by atoms with E-state index in [0.29, 0.717) is 12.5 Å². The molecule has 1 saturated carbocycles. The predicted molar refractivity (Wildman–Crippen MR) is 94.0 cm³/mol. The summed E-state index contributed by atoms with van der Waals surface area (Å²) >= 11 is 0. The molecular weight excluding hydrogens is 298 g/mol. The smallest absolute Gasteiger partial charge is 0.227 e. The molecule has 24 heavy (non-hydrogen) atoms. The molecule has 4 nitrogen and oxygen atoms in total. The number of fused-ring (bicyclic) bond motifs is 1. The van der Waals surface area contributed by atoms with Gasteiger partial charge in [0.15, 0.2) is 0 Å². The van der Waals surface area contributed by atoms with Crippen LogP contribution in [0.3, 0.4) is 0 Å². The zero-order chi connectivity index (χ0) is 16.4. The van der Waals surface area contributed by atoms with Crippen LogP contribution in [0.4, 0.5) is 0 Å². The molecule has 0 bridgehead atoms. The first-order chi connectivity index (χ1) is 11.8. The topological polar surface area (TPSA) is 38.1 Å². The van der Waals surface area contributed by atoms with Gasteiger partial charge in [0.2, 0.25) is 5.91 Å². The van der Waals surface area contributed by atoms with Gasteiger partial charge in [-0.15, -0.1) is 0 Å². The summed E-state index contributed by atoms with van der Waals surface area (Å²) in [6.07, 6.45) is 11.9. The highest BCUT2D eigenvalue weighted by Crippen LogP contribution is 2.35. The number of carbonyl (C=O) groups excluding carboxylic acids is 1. The Morgan fingerprint density at radius 3 is 2.75 bits per heavy atom. The van der Waals surface area contributed by atoms with E-state index in [9.17, 15) is 4.79 Å². The van der Waals surface area contributed by atoms with Crippen molar-refractivity contribution in [2.24, 2.45) is 5.92 Å². The standard InChI is InChI=1S/C20H25N3O/c24-20(22-12-6-8-17-7-4-5-11-19(17)22)13-16-14-21-23(15-16)18-9-2-1-3-10-18/h1-3,9-10,14-15,17,19H,4-8,11-13H2. The van der Waals surface area contributed by atoms with Gasteiger partial charge in [-0.2, -0.15) is 5.10 Å². The molecule has 1 amide bonds. The molecule has 1 aliphatic carbocycles. The van der Waals surface area contributed by atoms with Crippen LogP contribution in [0.15, 0.2) is 42.7 Å². The number of aromatic nitrogens is 2. The van der Waals surface area contributed by atoms with Crippen molar-refractivity contribution < 1.29 is 4.79 Å². The summed E-state index contributed by atoms with van der Waals surface area (Å²) in [6, 6.07) is 10.5. The van der Waals surface area contributed by atoms with Gasteiger partial charge in [0, 0.05) is 18.8 Å². The molecule has 0 radical (unpaired) electrons. The number of nitrogens with zero attached hydrogens (tertiary/aromatic N) is 3. The molecule has 1 saturated heterocycles. The normalized spacial score (nSPS) is 23.8. The average Bonchev–Trinajstić information content (AvgIpc) is 3.10. The average molecular weight is 323 g/mol. The summed E-state index contributed by atoms with van der Waals surface area (Å²) < 4.78 is 1.85. The summed E-state index contributed by atoms with van der Waals surface area (Å²) in [6.45, 7) is 0.937. The second-order valence-corrected chi connectivity index (χ2v) is 7.15. The maximum Gasteiger partial charge on any atom is 0.227 e. The van der Waals surface area contributed by atoms with Gasteiger partial charge in [0.1, 0.15) is 0 Å². The van der Waals surface area contributed by atoms with Crippen molar-refractivity contribution in [2.45, 2.75) is 51.0 Å². The molecule has 1 aromatic heterocycles. The fourth-order valence-electron chi connectivity index (χ4n) is 4.38. The second-order valence-electron chi connectivity index (χ2n) is 7.15. The lowest BCUT2D eigenvalue weighted by molar-refractivity contribution is -0.136. The van der Waals surface area contributed by atoms with Gasteiger partial charge in [0.05, 0.1) is 18.3 Å². The van der Waals surface area contributed by atoms with E-state index in [1.54, 1.807) is 0 Å². The lowest BCUT2D eigenvalue weighted by Gasteiger charge is -2.44. The highest BCUT2D eigenvalue weighted by molar-refractivity contribution is 5.79. The summed E-state index contributed by atoms with van der Waals surface area (Å²) in [4.78, 5) is 15.0. The monoisotopic (exact) mass is 323 g/mol. The van der Waals surface area contributed by atoms with Crippen molar-refractivity contribution >= 4 is 5.91 Å². The number of carbonyl (C=O) groups is 1. The number of benzene rings is 1. The van der Waals surface area contributed by atoms with Crippen molar-refractivity contribution in [3.05, 3.63) is 48.3 Å². The maximum atomic E-state index is 12.9. The van der Waals surface area contributed by atoms with E-state index in [0.717, 1.165) is 30.1 Å². The third-order valence-corrected chi connectivity index (χ3v) is 5.58. The number of para-hydroxylation sites is 1. The number of hydrogen-bond acceptors (Lipinski definition) is 2. The number of rotatable bonds is 3. The first-order valence-electron chi connectivity index (χ1n) is 9.20. The van der Waals surface area contributed by atoms with Crippen molar-refractivity contribution in [2.75, 3.05) is 6.54 Å². The minimum absolute atomic E-state index is 0.277. The minimum atomic E-state index is 0.277. The van der Waals surface area contributed by atoms with E-state index in [-0.39, 0.29) is 5.91 Å². The van der Waals surface area contributed by atoms with E-state index < -0.39 is 0 Å². The van der Waals surface area contributed by atoms with E-state index in [1.807, 2.05) is 47.4 Å². The molecular formula is C20H25N3O. The van der Waals surface area contributed by atoms with E-state index >= 15 is 0 Å². The van der Waals surface area contributed by atoms with Crippen LogP contribution in [0.25, 0.3) is 5.69 Å². The van der Waals surface area contributed by atoms with Crippen LogP contribution in [-0.2, 0) is 11.2 Å². The summed E-state index contributed by atoms with van der Waals surface area (Å²) in [5, 5.41) is 4.41. The van der Waals surface area contributed by atoms with Gasteiger partial charge in [-0.05, 0) is 49.3 Å². The molecule has 1 aliphatic heterocycles. The molecule has 0 N–H and O–H groups in total. The Morgan fingerprint density at radius 1 is 1.08 bits per heavy atom. The van der Waals surface area contributed by atoms with Gasteiger partial charge in [-0.3, -0.25) is 4.79 Å². The van der Waals surface area contributed by atoms with Crippen LogP contribution in [0.2, 0.25) is 0 Å². The maximum absolute atomic E-state index is 12.9. The van der Waals surface area contributed by atoms with Crippen LogP contribution in [0, 0.1) is 5.92 Å². The molecule has 2 unspecified atom stereocenters. The molecule has 126 valence electrons. The van der Waals surface area contributed by atoms with E-state index in [1.165, 1.54) is 32.1 Å². The highest BCUT2D eigenvalue weighted by Gasteiger charge is 2.35. The third kappa shape index (κ3) is 3.10. The molecule has 2 atom stereocenters. The Balaban J connectivity index is 1.45. The molecule has 0 spiro atoms. The number of likely N-dealkylation sites (tertiary alicyclic amines) is 1. The van der Waals surface area contributed by atoms with Crippen molar-refractivity contribution in [1.29, 1.82) is 0 Å². The molecule has 2 fully saturated rings. The first kappa shape index (κ1) is 15.4. The third-order valence-electron chi connectivity index (χ3n) is 5.58. The van der Waals surface area contributed by atoms with E-state index in [2.05, 4.69) is 10.00 Å². The van der Waals surface area contributed by atoms with Crippen LogP contribution in [-0.4, -0.2) is 33.2 Å². The van der Waals surface area contributed by atoms with Crippen LogP contribution in [0.1, 0.15) is 44.1 Å². The van der Waals surface area contributed by atoms with Gasteiger partial charge in [0.25, 0.3) is 0 Å². The van der Waals surface area contributed by atoms with E-state index in [4.69, 9.17) is 0 Å². The molecule has 4 rings (SSSR count). The Labute approximate surface area is 143 Å². The zero-order valence-electron chi connectivity index (χ0n) is 14.1. The zero-order valence-corrected chi connectivity index (χ0v) is 14.1. The molecule has 2 aliphatic rings. The lowest BCUT2D eigenvalue weighted by atomic mass is 9.78. The second kappa shape index (κ2) is 6.80. The Hall–Kier alpha value is -2.10. The molecule has 1 aromatic carbocycles. The van der Waals surface area contributed by atoms with Crippen LogP contribution in [0.5, 0.6) is 0 Å². The van der Waals surface area contributed by atoms with Gasteiger partial charge < -0.3 is 4.90 Å². The molecule has 2 heterocycles. The summed E-state index contributed by atoms with van der Waals surface area (Å²) in [5.41, 5.74) is 2.03. The van der Waals surface area contributed by atoms with Crippen LogP contribution < -0.4 is 0 Å². The fraction of sp³-hybridized carbons (Fsp3) is 0.500. The van der Waals surface area contributed by atoms with Crippen molar-refractivity contribution in [3.63, 3.8) is 0 Å². The van der Waals surface area contributed by atoms with Gasteiger partial charge in [-0.25, -0.2) is 4.68 Å². The Morgan fingerprint density at radius 2 is 1.88 bits per heavy atom. The minimum Gasteiger partial charge on any atom is -0.339 e. The Kier molecular flexibility index (Phi) is 4.37. The lowest BCUT2D eigenvalue weighted by Crippen LogP contribution is -2.50. The Bertz CT molecular complexity index is 692. The fourth-order valence-corrected chi connectivity index (χ4v) is 4.38. The molecule has 4 heteroatoms. The first-order valence-corrected chi connectivity index (χ1v) is 9.20. The van der Waals surface area contributed by atoms with Gasteiger partial charge in [-0.1, -0.05) is 31.0 Å². The number of hydrogen-bond donors (Lipinski definition) is 0. The largest absolute Gasteiger partial charge is 0.339 e. The summed E-state index contributed by atoms with van der Waals surface area (Å²) in [5.74, 6) is 1.02. The predicted octanol–water partition coefficient (Wildman–Crippen LogP) is 3.60. The van der Waals surface area contributed by atoms with Crippen LogP contribution >= 0.6 is 0 Å². The quantitative estimate of drug-likeness (QED) is 0.865. The number of piperidine rings is 1. The highest BCUT2D eigenvalue weighted by atomic mass is 16.2. The SMILES string of the molecule is O=C(Cc1cnn(-c2ccccc2)c1)N1CCCC2CCCCC21. The summed E-state index contributed by atoms with van der Waals surface area (Å²) in [7, 11) is 0. The van der Waals surface area contributed by atoms with Crippen molar-refractivity contribution in [3.8, 4) is 5.69 Å². The number of amides is 1. The molecule has 2 aromatic rings. The van der Waals surface area contributed by atoms with Crippen molar-refractivity contribution in [1.82, 2.24) is 14.7 Å². The van der Waals surface area contributed by atoms with Gasteiger partial charge >= 0.3 is 0 Å².